The van der Waals surface area contributed by atoms with Crippen molar-refractivity contribution in [1.82, 2.24) is 5.32 Å². The molecular formula is C5H10N2O3S. The summed E-state index contributed by atoms with van der Waals surface area (Å²) in [6, 6.07) is 0. The Morgan fingerprint density at radius 3 is 2.73 bits per heavy atom. The van der Waals surface area contributed by atoms with Crippen LogP contribution in [0.5, 0.6) is 0 Å². The van der Waals surface area contributed by atoms with Crippen LogP contribution >= 0.6 is 12.2 Å². The summed E-state index contributed by atoms with van der Waals surface area (Å²) in [5.41, 5.74) is 0. The van der Waals surface area contributed by atoms with Gasteiger partial charge in [-0.15, -0.1) is 4.40 Å². The summed E-state index contributed by atoms with van der Waals surface area (Å²) in [4.78, 5) is 10.4. The number of hydrogen-bond acceptors (Lipinski definition) is 5. The van der Waals surface area contributed by atoms with Crippen molar-refractivity contribution in [2.24, 2.45) is 4.40 Å². The number of amides is 1. The molecule has 64 valence electrons. The van der Waals surface area contributed by atoms with Gasteiger partial charge in [0.05, 0.1) is 7.11 Å². The lowest BCUT2D eigenvalue weighted by atomic mass is 10.8. The van der Waals surface area contributed by atoms with Crippen LogP contribution in [0.15, 0.2) is 4.40 Å². The fourth-order valence-corrected chi connectivity index (χ4v) is 0.552. The third-order valence-corrected chi connectivity index (χ3v) is 1.34. The average molecular weight is 178 g/mol. The molecule has 0 spiro atoms. The van der Waals surface area contributed by atoms with E-state index in [9.17, 15) is 4.79 Å². The van der Waals surface area contributed by atoms with Crippen molar-refractivity contribution in [3.05, 3.63) is 0 Å². The highest BCUT2D eigenvalue weighted by Crippen LogP contribution is 2.04. The van der Waals surface area contributed by atoms with E-state index in [0.29, 0.717) is 18.1 Å². The Bertz CT molecular complexity index is 160. The zero-order valence-corrected chi connectivity index (χ0v) is 7.40. The monoisotopic (exact) mass is 178 g/mol. The topological polar surface area (TPSA) is 59.9 Å². The first-order chi connectivity index (χ1) is 5.20. The van der Waals surface area contributed by atoms with Crippen LogP contribution < -0.4 is 5.32 Å². The molecule has 0 aliphatic rings. The van der Waals surface area contributed by atoms with Gasteiger partial charge in [0.1, 0.15) is 0 Å². The molecule has 0 bridgehead atoms. The fourth-order valence-electron chi connectivity index (χ4n) is 0.184. The zero-order chi connectivity index (χ0) is 8.69. The van der Waals surface area contributed by atoms with Crippen molar-refractivity contribution < 1.29 is 13.7 Å². The minimum Gasteiger partial charge on any atom is -0.484 e. The van der Waals surface area contributed by atoms with E-state index in [2.05, 4.69) is 18.6 Å². The largest absolute Gasteiger partial charge is 0.484 e. The van der Waals surface area contributed by atoms with Crippen molar-refractivity contribution in [2.75, 3.05) is 14.2 Å². The first-order valence-corrected chi connectivity index (χ1v) is 3.54. The van der Waals surface area contributed by atoms with Crippen LogP contribution in [-0.2, 0) is 8.92 Å². The van der Waals surface area contributed by atoms with Crippen LogP contribution in [0.2, 0.25) is 0 Å². The van der Waals surface area contributed by atoms with Crippen molar-refractivity contribution in [3.8, 4) is 0 Å². The average Bonchev–Trinajstić information content (AvgIpc) is 2.04. The van der Waals surface area contributed by atoms with E-state index in [1.165, 1.54) is 14.2 Å². The molecule has 0 heterocycles. The highest BCUT2D eigenvalue weighted by Gasteiger charge is 1.96. The third kappa shape index (κ3) is 5.53. The maximum Gasteiger partial charge on any atom is 0.420 e. The lowest BCUT2D eigenvalue weighted by molar-refractivity contribution is 0.211. The van der Waals surface area contributed by atoms with E-state index in [4.69, 9.17) is 0 Å². The van der Waals surface area contributed by atoms with Gasteiger partial charge in [-0.3, -0.25) is 0 Å². The summed E-state index contributed by atoms with van der Waals surface area (Å²) >= 11 is 0.670. The molecule has 0 radical (unpaired) electrons. The normalized spacial score (nSPS) is 10.6. The summed E-state index contributed by atoms with van der Waals surface area (Å²) in [5.74, 6) is 0.443. The van der Waals surface area contributed by atoms with E-state index in [0.717, 1.165) is 0 Å². The summed E-state index contributed by atoms with van der Waals surface area (Å²) in [5, 5.41) is 2.26. The fraction of sp³-hybridized carbons (Fsp3) is 0.600. The van der Waals surface area contributed by atoms with Crippen LogP contribution in [0.1, 0.15) is 6.92 Å². The van der Waals surface area contributed by atoms with Crippen molar-refractivity contribution in [1.29, 1.82) is 0 Å². The van der Waals surface area contributed by atoms with Crippen LogP contribution in [0.3, 0.4) is 0 Å². The Hall–Kier alpha value is -0.910. The van der Waals surface area contributed by atoms with Crippen molar-refractivity contribution in [3.63, 3.8) is 0 Å². The lowest BCUT2D eigenvalue weighted by Gasteiger charge is -1.97. The molecule has 0 aromatic carbocycles. The summed E-state index contributed by atoms with van der Waals surface area (Å²) in [6.07, 6.45) is -0.539. The van der Waals surface area contributed by atoms with Gasteiger partial charge < -0.3 is 14.2 Å². The molecule has 0 aliphatic heterocycles. The molecule has 0 atom stereocenters. The van der Waals surface area contributed by atoms with Crippen LogP contribution in [0, 0.1) is 0 Å². The van der Waals surface area contributed by atoms with Gasteiger partial charge in [-0.1, -0.05) is 0 Å². The van der Waals surface area contributed by atoms with E-state index in [1.807, 2.05) is 0 Å². The molecule has 0 aromatic rings. The Balaban J connectivity index is 3.48. The molecule has 11 heavy (non-hydrogen) atoms. The third-order valence-electron chi connectivity index (χ3n) is 0.778. The maximum atomic E-state index is 10.4. The van der Waals surface area contributed by atoms with Crippen molar-refractivity contribution in [2.45, 2.75) is 6.92 Å². The van der Waals surface area contributed by atoms with Crippen LogP contribution in [0.4, 0.5) is 4.79 Å². The maximum absolute atomic E-state index is 10.4. The number of nitrogens with zero attached hydrogens (tertiary/aromatic N) is 1. The van der Waals surface area contributed by atoms with Gasteiger partial charge >= 0.3 is 6.09 Å². The van der Waals surface area contributed by atoms with Gasteiger partial charge in [0.2, 0.25) is 12.2 Å². The number of nitrogens with one attached hydrogen (secondary N) is 1. The second-order valence-corrected chi connectivity index (χ2v) is 2.01. The highest BCUT2D eigenvalue weighted by atomic mass is 32.2. The van der Waals surface area contributed by atoms with Gasteiger partial charge in [-0.2, -0.15) is 0 Å². The van der Waals surface area contributed by atoms with Crippen molar-refractivity contribution >= 4 is 24.2 Å². The molecule has 5 nitrogen and oxygen atoms in total. The van der Waals surface area contributed by atoms with E-state index >= 15 is 0 Å². The van der Waals surface area contributed by atoms with E-state index in [-0.39, 0.29) is 0 Å². The number of rotatable bonds is 2. The predicted molar refractivity (Wildman–Crippen MR) is 43.2 cm³/mol. The molecule has 0 saturated carbocycles. The Morgan fingerprint density at radius 2 is 2.27 bits per heavy atom. The highest BCUT2D eigenvalue weighted by molar-refractivity contribution is 7.93. The number of carbonyl (C=O) groups is 1. The molecule has 6 heteroatoms. The summed E-state index contributed by atoms with van der Waals surface area (Å²) < 4.78 is 12.8. The Kier molecular flexibility index (Phi) is 5.36. The smallest absolute Gasteiger partial charge is 0.420 e. The zero-order valence-electron chi connectivity index (χ0n) is 6.58. The van der Waals surface area contributed by atoms with Gasteiger partial charge in [0.15, 0.2) is 5.90 Å². The molecule has 0 aliphatic carbocycles. The van der Waals surface area contributed by atoms with Gasteiger partial charge in [0.25, 0.3) is 0 Å². The van der Waals surface area contributed by atoms with Gasteiger partial charge in [-0.25, -0.2) is 4.79 Å². The van der Waals surface area contributed by atoms with Crippen LogP contribution in [-0.4, -0.2) is 26.1 Å². The SMILES string of the molecule is CNC(=O)OSN=C(C)OC. The quantitative estimate of drug-likeness (QED) is 0.296. The lowest BCUT2D eigenvalue weighted by Crippen LogP contribution is -2.15. The number of carbonyl (C=O) groups excluding carboxylic acids is 1. The molecule has 0 rings (SSSR count). The summed E-state index contributed by atoms with van der Waals surface area (Å²) in [7, 11) is 2.95. The minimum atomic E-state index is -0.539. The number of ether oxygens (including phenoxy) is 1. The number of hydrogen-bond donors (Lipinski definition) is 1. The van der Waals surface area contributed by atoms with Gasteiger partial charge in [0, 0.05) is 14.0 Å². The second kappa shape index (κ2) is 5.84. The van der Waals surface area contributed by atoms with E-state index < -0.39 is 6.09 Å². The Labute approximate surface area is 69.5 Å². The standard InChI is InChI=1S/C5H10N2O3S/c1-4(9-3)7-11-10-5(8)6-2/h1-3H3,(H,6,8). The predicted octanol–water partition coefficient (Wildman–Crippen LogP) is 0.970. The molecular weight excluding hydrogens is 168 g/mol. The first-order valence-electron chi connectivity index (χ1n) is 2.84. The van der Waals surface area contributed by atoms with Gasteiger partial charge in [-0.05, 0) is 0 Å². The molecule has 0 saturated heterocycles. The molecule has 0 unspecified atom stereocenters. The molecule has 1 amide bonds. The molecule has 0 aromatic heterocycles. The molecule has 0 fully saturated rings. The molecule has 1 N–H and O–H groups in total. The summed E-state index contributed by atoms with van der Waals surface area (Å²) in [6.45, 7) is 1.65. The van der Waals surface area contributed by atoms with Crippen LogP contribution in [0.25, 0.3) is 0 Å². The number of methoxy groups -OCH3 is 1. The first kappa shape index (κ1) is 10.1. The minimum absolute atomic E-state index is 0.443. The second-order valence-electron chi connectivity index (χ2n) is 1.51. The van der Waals surface area contributed by atoms with E-state index in [1.54, 1.807) is 6.92 Å². The Morgan fingerprint density at radius 1 is 1.64 bits per heavy atom.